The number of carbonyl (C=O) groups excluding carboxylic acids is 1. The van der Waals surface area contributed by atoms with Crippen molar-refractivity contribution in [3.05, 3.63) is 35.7 Å². The molecule has 0 spiro atoms. The molecule has 0 radical (unpaired) electrons. The lowest BCUT2D eigenvalue weighted by Crippen LogP contribution is -1.98. The predicted octanol–water partition coefficient (Wildman–Crippen LogP) is 3.44. The number of halogens is 1. The molecule has 0 fully saturated rings. The van der Waals surface area contributed by atoms with Gasteiger partial charge in [-0.05, 0) is 30.7 Å². The molecule has 18 heavy (non-hydrogen) atoms. The van der Waals surface area contributed by atoms with E-state index in [0.717, 1.165) is 0 Å². The molecule has 0 heterocycles. The molecular weight excluding hydrogens is 235 g/mol. The van der Waals surface area contributed by atoms with Gasteiger partial charge in [0, 0.05) is 12.1 Å². The highest BCUT2D eigenvalue weighted by Gasteiger charge is 1.99. The number of carbonyl (C=O) groups is 1. The van der Waals surface area contributed by atoms with Gasteiger partial charge in [0.2, 0.25) is 0 Å². The zero-order valence-electron chi connectivity index (χ0n) is 11.2. The summed E-state index contributed by atoms with van der Waals surface area (Å²) in [6.45, 7) is 6.03. The van der Waals surface area contributed by atoms with E-state index < -0.39 is 11.8 Å². The summed E-state index contributed by atoms with van der Waals surface area (Å²) in [5, 5.41) is 0. The zero-order valence-corrected chi connectivity index (χ0v) is 11.2. The summed E-state index contributed by atoms with van der Waals surface area (Å²) in [7, 11) is 1.45. The number of ether oxygens (including phenoxy) is 2. The molecule has 0 amide bonds. The van der Waals surface area contributed by atoms with Crippen molar-refractivity contribution >= 4 is 12.0 Å². The SMILES string of the molecule is CC.CCOC(=O)/C=C/c1cc(F)cc(OC)c1. The highest BCUT2D eigenvalue weighted by Crippen LogP contribution is 2.16. The van der Waals surface area contributed by atoms with Crippen LogP contribution in [0.2, 0.25) is 0 Å². The quantitative estimate of drug-likeness (QED) is 0.610. The van der Waals surface area contributed by atoms with Gasteiger partial charge in [-0.2, -0.15) is 0 Å². The van der Waals surface area contributed by atoms with Gasteiger partial charge < -0.3 is 9.47 Å². The molecule has 0 saturated carbocycles. The highest BCUT2D eigenvalue weighted by molar-refractivity contribution is 5.87. The molecule has 4 heteroatoms. The van der Waals surface area contributed by atoms with Gasteiger partial charge in [0.05, 0.1) is 13.7 Å². The van der Waals surface area contributed by atoms with Crippen molar-refractivity contribution in [1.29, 1.82) is 0 Å². The fourth-order valence-electron chi connectivity index (χ4n) is 1.15. The topological polar surface area (TPSA) is 35.5 Å². The van der Waals surface area contributed by atoms with Crippen molar-refractivity contribution in [3.63, 3.8) is 0 Å². The summed E-state index contributed by atoms with van der Waals surface area (Å²) < 4.78 is 22.7. The van der Waals surface area contributed by atoms with Crippen molar-refractivity contribution in [2.75, 3.05) is 13.7 Å². The Morgan fingerprint density at radius 1 is 1.33 bits per heavy atom. The molecule has 0 N–H and O–H groups in total. The Labute approximate surface area is 107 Å². The van der Waals surface area contributed by atoms with Gasteiger partial charge in [-0.25, -0.2) is 9.18 Å². The molecule has 0 aliphatic heterocycles. The highest BCUT2D eigenvalue weighted by atomic mass is 19.1. The normalized spacial score (nSPS) is 9.61. The van der Waals surface area contributed by atoms with Crippen LogP contribution in [0.5, 0.6) is 5.75 Å². The second-order valence-electron chi connectivity index (χ2n) is 3.01. The van der Waals surface area contributed by atoms with Crippen LogP contribution in [0, 0.1) is 5.82 Å². The van der Waals surface area contributed by atoms with E-state index in [9.17, 15) is 9.18 Å². The number of benzene rings is 1. The van der Waals surface area contributed by atoms with Crippen LogP contribution in [-0.2, 0) is 9.53 Å². The molecule has 0 bridgehead atoms. The van der Waals surface area contributed by atoms with Crippen LogP contribution in [0.25, 0.3) is 6.08 Å². The standard InChI is InChI=1S/C12H13FO3.C2H6/c1-3-16-12(14)5-4-9-6-10(13)8-11(7-9)15-2;1-2/h4-8H,3H2,1-2H3;1-2H3/b5-4+;. The van der Waals surface area contributed by atoms with E-state index >= 15 is 0 Å². The predicted molar refractivity (Wildman–Crippen MR) is 70.0 cm³/mol. The molecule has 1 rings (SSSR count). The van der Waals surface area contributed by atoms with Crippen LogP contribution in [0.3, 0.4) is 0 Å². The van der Waals surface area contributed by atoms with Gasteiger partial charge in [-0.15, -0.1) is 0 Å². The lowest BCUT2D eigenvalue weighted by Gasteiger charge is -2.01. The maximum Gasteiger partial charge on any atom is 0.330 e. The first kappa shape index (κ1) is 16.2. The number of rotatable bonds is 4. The molecule has 3 nitrogen and oxygen atoms in total. The second-order valence-corrected chi connectivity index (χ2v) is 3.01. The maximum absolute atomic E-state index is 13.1. The maximum atomic E-state index is 13.1. The summed E-state index contributed by atoms with van der Waals surface area (Å²) in [5.41, 5.74) is 0.546. The fourth-order valence-corrected chi connectivity index (χ4v) is 1.15. The van der Waals surface area contributed by atoms with Crippen molar-refractivity contribution in [2.24, 2.45) is 0 Å². The summed E-state index contributed by atoms with van der Waals surface area (Å²) in [6, 6.07) is 4.19. The Hall–Kier alpha value is -1.84. The largest absolute Gasteiger partial charge is 0.497 e. The van der Waals surface area contributed by atoms with E-state index in [0.29, 0.717) is 17.9 Å². The minimum absolute atomic E-state index is 0.315. The van der Waals surface area contributed by atoms with Gasteiger partial charge >= 0.3 is 5.97 Å². The van der Waals surface area contributed by atoms with E-state index in [1.165, 1.54) is 31.4 Å². The Balaban J connectivity index is 0.00000137. The Morgan fingerprint density at radius 3 is 2.56 bits per heavy atom. The van der Waals surface area contributed by atoms with Gasteiger partial charge in [-0.3, -0.25) is 0 Å². The van der Waals surface area contributed by atoms with Gasteiger partial charge in [0.15, 0.2) is 0 Å². The first-order chi connectivity index (χ1) is 8.65. The van der Waals surface area contributed by atoms with Crippen molar-refractivity contribution < 1.29 is 18.7 Å². The van der Waals surface area contributed by atoms with Crippen LogP contribution < -0.4 is 4.74 Å². The average Bonchev–Trinajstić information content (AvgIpc) is 2.38. The third-order valence-corrected chi connectivity index (χ3v) is 1.83. The fraction of sp³-hybridized carbons (Fsp3) is 0.357. The first-order valence-corrected chi connectivity index (χ1v) is 5.85. The number of esters is 1. The summed E-state index contributed by atoms with van der Waals surface area (Å²) in [6.07, 6.45) is 2.72. The summed E-state index contributed by atoms with van der Waals surface area (Å²) >= 11 is 0. The molecular formula is C14H19FO3. The molecule has 0 aliphatic rings. The molecule has 1 aromatic rings. The number of hydrogen-bond donors (Lipinski definition) is 0. The Kier molecular flexibility index (Phi) is 8.27. The Morgan fingerprint density at radius 2 is 2.00 bits per heavy atom. The molecule has 0 aromatic heterocycles. The monoisotopic (exact) mass is 254 g/mol. The third kappa shape index (κ3) is 6.03. The van der Waals surface area contributed by atoms with Crippen molar-refractivity contribution in [2.45, 2.75) is 20.8 Å². The van der Waals surface area contributed by atoms with Crippen LogP contribution in [0.1, 0.15) is 26.3 Å². The second kappa shape index (κ2) is 9.22. The van der Waals surface area contributed by atoms with Crippen molar-refractivity contribution in [1.82, 2.24) is 0 Å². The van der Waals surface area contributed by atoms with E-state index in [1.807, 2.05) is 13.8 Å². The van der Waals surface area contributed by atoms with E-state index in [-0.39, 0.29) is 0 Å². The molecule has 1 aromatic carbocycles. The van der Waals surface area contributed by atoms with Crippen LogP contribution in [0.15, 0.2) is 24.3 Å². The lowest BCUT2D eigenvalue weighted by atomic mass is 10.2. The van der Waals surface area contributed by atoms with Crippen LogP contribution in [0.4, 0.5) is 4.39 Å². The lowest BCUT2D eigenvalue weighted by molar-refractivity contribution is -0.137. The van der Waals surface area contributed by atoms with Crippen molar-refractivity contribution in [3.8, 4) is 5.75 Å². The minimum Gasteiger partial charge on any atom is -0.497 e. The van der Waals surface area contributed by atoms with E-state index in [2.05, 4.69) is 0 Å². The molecule has 0 atom stereocenters. The van der Waals surface area contributed by atoms with Crippen LogP contribution >= 0.6 is 0 Å². The average molecular weight is 254 g/mol. The molecule has 0 aliphatic carbocycles. The first-order valence-electron chi connectivity index (χ1n) is 5.85. The van der Waals surface area contributed by atoms with E-state index in [4.69, 9.17) is 9.47 Å². The third-order valence-electron chi connectivity index (χ3n) is 1.83. The number of methoxy groups -OCH3 is 1. The summed E-state index contributed by atoms with van der Waals surface area (Å²) in [4.78, 5) is 11.0. The summed E-state index contributed by atoms with van der Waals surface area (Å²) in [5.74, 6) is -0.461. The number of hydrogen-bond acceptors (Lipinski definition) is 3. The Bertz CT molecular complexity index is 400. The molecule has 100 valence electrons. The smallest absolute Gasteiger partial charge is 0.330 e. The van der Waals surface area contributed by atoms with Crippen LogP contribution in [-0.4, -0.2) is 19.7 Å². The zero-order chi connectivity index (χ0) is 14.0. The minimum atomic E-state index is -0.453. The molecule has 0 saturated heterocycles. The van der Waals surface area contributed by atoms with E-state index in [1.54, 1.807) is 13.0 Å². The van der Waals surface area contributed by atoms with Gasteiger partial charge in [0.25, 0.3) is 0 Å². The van der Waals surface area contributed by atoms with Gasteiger partial charge in [0.1, 0.15) is 11.6 Å². The van der Waals surface area contributed by atoms with Gasteiger partial charge in [-0.1, -0.05) is 13.8 Å². The molecule has 0 unspecified atom stereocenters.